The summed E-state index contributed by atoms with van der Waals surface area (Å²) in [7, 11) is 1.83. The number of aromatic nitrogens is 3. The zero-order valence-electron chi connectivity index (χ0n) is 18.2. The third-order valence-electron chi connectivity index (χ3n) is 5.30. The Kier molecular flexibility index (Phi) is 5.82. The molecular formula is C23H27N3O4. The Balaban J connectivity index is 2.05. The van der Waals surface area contributed by atoms with E-state index in [4.69, 9.17) is 4.74 Å². The molecule has 0 aliphatic rings. The number of ether oxygens (including phenoxy) is 1. The van der Waals surface area contributed by atoms with Crippen molar-refractivity contribution in [1.29, 1.82) is 0 Å². The molecule has 0 saturated heterocycles. The van der Waals surface area contributed by atoms with Gasteiger partial charge in [0.15, 0.2) is 6.61 Å². The van der Waals surface area contributed by atoms with Crippen molar-refractivity contribution in [3.63, 3.8) is 0 Å². The van der Waals surface area contributed by atoms with E-state index in [2.05, 4.69) is 0 Å². The normalized spacial score (nSPS) is 11.2. The second-order valence-electron chi connectivity index (χ2n) is 7.72. The summed E-state index contributed by atoms with van der Waals surface area (Å²) in [6, 6.07) is 11.1. The second kappa shape index (κ2) is 8.18. The van der Waals surface area contributed by atoms with Gasteiger partial charge in [0.05, 0.1) is 17.3 Å². The molecule has 30 heavy (non-hydrogen) atoms. The number of aryl methyl sites for hydroxylation is 1. The quantitative estimate of drug-likeness (QED) is 0.463. The molecular weight excluding hydrogens is 382 g/mol. The summed E-state index contributed by atoms with van der Waals surface area (Å²) in [6.45, 7) is 8.64. The zero-order valence-corrected chi connectivity index (χ0v) is 18.2. The molecule has 158 valence electrons. The monoisotopic (exact) mass is 409 g/mol. The number of rotatable bonds is 6. The van der Waals surface area contributed by atoms with Gasteiger partial charge < -0.3 is 9.30 Å². The Bertz CT molecular complexity index is 1160. The average Bonchev–Trinajstić information content (AvgIpc) is 3.12. The van der Waals surface area contributed by atoms with Gasteiger partial charge in [-0.25, -0.2) is 4.68 Å². The second-order valence-corrected chi connectivity index (χ2v) is 7.72. The van der Waals surface area contributed by atoms with Crippen LogP contribution in [0.2, 0.25) is 0 Å². The maximum atomic E-state index is 13.4. The van der Waals surface area contributed by atoms with Crippen LogP contribution >= 0.6 is 0 Å². The predicted molar refractivity (Wildman–Crippen MR) is 115 cm³/mol. The molecule has 0 fully saturated rings. The summed E-state index contributed by atoms with van der Waals surface area (Å²) in [4.78, 5) is 37.7. The molecule has 2 aromatic heterocycles. The first-order valence-corrected chi connectivity index (χ1v) is 9.88. The third kappa shape index (κ3) is 3.63. The van der Waals surface area contributed by atoms with Crippen LogP contribution in [-0.2, 0) is 16.6 Å². The highest BCUT2D eigenvalue weighted by Crippen LogP contribution is 2.23. The van der Waals surface area contributed by atoms with Gasteiger partial charge in [0.1, 0.15) is 5.69 Å². The van der Waals surface area contributed by atoms with Crippen molar-refractivity contribution >= 4 is 11.8 Å². The molecule has 7 nitrogen and oxygen atoms in total. The Morgan fingerprint density at radius 3 is 2.27 bits per heavy atom. The van der Waals surface area contributed by atoms with E-state index in [1.807, 2.05) is 51.2 Å². The summed E-state index contributed by atoms with van der Waals surface area (Å²) in [5, 5.41) is 0. The van der Waals surface area contributed by atoms with Gasteiger partial charge in [-0.3, -0.25) is 19.1 Å². The highest BCUT2D eigenvalue weighted by atomic mass is 16.5. The fraction of sp³-hybridized carbons (Fsp3) is 0.348. The van der Waals surface area contributed by atoms with Crippen LogP contribution in [0.25, 0.3) is 11.4 Å². The number of para-hydroxylation sites is 1. The topological polar surface area (TPSA) is 75.2 Å². The van der Waals surface area contributed by atoms with E-state index < -0.39 is 5.97 Å². The van der Waals surface area contributed by atoms with Crippen molar-refractivity contribution in [2.75, 3.05) is 6.61 Å². The predicted octanol–water partition coefficient (Wildman–Crippen LogP) is 3.27. The minimum Gasteiger partial charge on any atom is -0.457 e. The van der Waals surface area contributed by atoms with Crippen molar-refractivity contribution in [3.8, 4) is 11.4 Å². The van der Waals surface area contributed by atoms with Gasteiger partial charge in [0.2, 0.25) is 5.78 Å². The number of carbonyl (C=O) groups is 2. The number of ketones is 1. The molecule has 0 N–H and O–H groups in total. The van der Waals surface area contributed by atoms with E-state index in [1.54, 1.807) is 40.8 Å². The molecule has 1 aromatic carbocycles. The maximum absolute atomic E-state index is 13.4. The highest BCUT2D eigenvalue weighted by Gasteiger charge is 2.24. The summed E-state index contributed by atoms with van der Waals surface area (Å²) in [5.74, 6) is -1.00. The molecule has 3 aromatic rings. The van der Waals surface area contributed by atoms with Crippen molar-refractivity contribution in [3.05, 3.63) is 69.4 Å². The molecule has 2 heterocycles. The molecule has 0 aliphatic carbocycles. The van der Waals surface area contributed by atoms with Crippen molar-refractivity contribution in [1.82, 2.24) is 13.9 Å². The highest BCUT2D eigenvalue weighted by molar-refractivity contribution is 5.99. The van der Waals surface area contributed by atoms with Crippen LogP contribution in [0.4, 0.5) is 0 Å². The van der Waals surface area contributed by atoms with E-state index >= 15 is 0 Å². The molecule has 0 radical (unpaired) electrons. The van der Waals surface area contributed by atoms with Gasteiger partial charge in [-0.1, -0.05) is 32.0 Å². The van der Waals surface area contributed by atoms with Gasteiger partial charge in [-0.15, -0.1) is 0 Å². The van der Waals surface area contributed by atoms with Gasteiger partial charge in [0.25, 0.3) is 5.56 Å². The fourth-order valence-electron chi connectivity index (χ4n) is 3.58. The number of benzene rings is 1. The summed E-state index contributed by atoms with van der Waals surface area (Å²) in [5.41, 5.74) is 3.71. The fourth-order valence-corrected chi connectivity index (χ4v) is 3.58. The molecule has 0 unspecified atom stereocenters. The van der Waals surface area contributed by atoms with Crippen LogP contribution < -0.4 is 5.56 Å². The number of esters is 1. The Morgan fingerprint density at radius 1 is 1.03 bits per heavy atom. The van der Waals surface area contributed by atoms with E-state index in [-0.39, 0.29) is 23.9 Å². The first-order chi connectivity index (χ1) is 14.1. The summed E-state index contributed by atoms with van der Waals surface area (Å²) < 4.78 is 10.3. The van der Waals surface area contributed by atoms with Crippen molar-refractivity contribution in [2.24, 2.45) is 13.0 Å². The van der Waals surface area contributed by atoms with Crippen LogP contribution in [0.1, 0.15) is 41.3 Å². The van der Waals surface area contributed by atoms with Gasteiger partial charge in [-0.05, 0) is 39.0 Å². The Hall–Kier alpha value is -3.35. The lowest BCUT2D eigenvalue weighted by Crippen LogP contribution is -2.22. The van der Waals surface area contributed by atoms with Crippen LogP contribution in [-0.4, -0.2) is 32.3 Å². The van der Waals surface area contributed by atoms with Crippen LogP contribution in [0.15, 0.2) is 41.2 Å². The van der Waals surface area contributed by atoms with Crippen LogP contribution in [0.5, 0.6) is 0 Å². The molecule has 0 amide bonds. The van der Waals surface area contributed by atoms with E-state index in [0.717, 1.165) is 17.1 Å². The van der Waals surface area contributed by atoms with E-state index in [0.29, 0.717) is 16.9 Å². The van der Waals surface area contributed by atoms with E-state index in [9.17, 15) is 14.4 Å². The van der Waals surface area contributed by atoms with Gasteiger partial charge >= 0.3 is 5.97 Å². The standard InChI is InChI=1S/C23H27N3O4/c1-14(2)23(29)30-13-20(27)19-12-15(3)25(16(19)4)21-17(5)24(6)26(22(21)28)18-10-8-7-9-11-18/h7-12,14H,13H2,1-6H3. The van der Waals surface area contributed by atoms with E-state index in [1.165, 1.54) is 0 Å². The third-order valence-corrected chi connectivity index (χ3v) is 5.30. The maximum Gasteiger partial charge on any atom is 0.308 e. The van der Waals surface area contributed by atoms with Crippen LogP contribution in [0, 0.1) is 26.7 Å². The largest absolute Gasteiger partial charge is 0.457 e. The zero-order chi connectivity index (χ0) is 22.2. The molecule has 3 rings (SSSR count). The molecule has 0 saturated carbocycles. The molecule has 0 bridgehead atoms. The molecule has 0 atom stereocenters. The number of carbonyl (C=O) groups excluding carboxylic acids is 2. The Morgan fingerprint density at radius 2 is 1.67 bits per heavy atom. The number of hydrogen-bond donors (Lipinski definition) is 0. The first-order valence-electron chi connectivity index (χ1n) is 9.88. The van der Waals surface area contributed by atoms with Crippen molar-refractivity contribution in [2.45, 2.75) is 34.6 Å². The lowest BCUT2D eigenvalue weighted by Gasteiger charge is -2.09. The SMILES string of the molecule is Cc1cc(C(=O)COC(=O)C(C)C)c(C)n1-c1c(C)n(C)n(-c2ccccc2)c1=O. The molecule has 0 aliphatic heterocycles. The molecule has 7 heteroatoms. The van der Waals surface area contributed by atoms with Crippen LogP contribution in [0.3, 0.4) is 0 Å². The number of hydrogen-bond acceptors (Lipinski definition) is 4. The summed E-state index contributed by atoms with van der Waals surface area (Å²) >= 11 is 0. The summed E-state index contributed by atoms with van der Waals surface area (Å²) in [6.07, 6.45) is 0. The number of nitrogens with zero attached hydrogens (tertiary/aromatic N) is 3. The van der Waals surface area contributed by atoms with Gasteiger partial charge in [-0.2, -0.15) is 0 Å². The number of Topliss-reactive ketones (excluding diaryl/α,β-unsaturated/α-hetero) is 1. The Labute approximate surface area is 175 Å². The first kappa shape index (κ1) is 21.4. The minimum atomic E-state index is -0.415. The lowest BCUT2D eigenvalue weighted by molar-refractivity contribution is -0.146. The minimum absolute atomic E-state index is 0.173. The van der Waals surface area contributed by atoms with Crippen molar-refractivity contribution < 1.29 is 14.3 Å². The van der Waals surface area contributed by atoms with Gasteiger partial charge in [0, 0.05) is 24.0 Å². The lowest BCUT2D eigenvalue weighted by atomic mass is 10.1. The average molecular weight is 409 g/mol. The molecule has 0 spiro atoms. The smallest absolute Gasteiger partial charge is 0.308 e.